The summed E-state index contributed by atoms with van der Waals surface area (Å²) in [6.45, 7) is 9.00. The monoisotopic (exact) mass is 200 g/mol. The maximum absolute atomic E-state index is 6.20. The summed E-state index contributed by atoms with van der Waals surface area (Å²) in [7, 11) is 0. The number of hydrogen-bond donors (Lipinski definition) is 1. The van der Waals surface area contributed by atoms with E-state index < -0.39 is 0 Å². The third-order valence-corrected chi connectivity index (χ3v) is 3.09. The van der Waals surface area contributed by atoms with Gasteiger partial charge in [-0.15, -0.1) is 0 Å². The van der Waals surface area contributed by atoms with Gasteiger partial charge in [0.1, 0.15) is 0 Å². The molecule has 14 heavy (non-hydrogen) atoms. The Balaban J connectivity index is 2.17. The molecule has 0 aromatic rings. The molecule has 0 aromatic heterocycles. The summed E-state index contributed by atoms with van der Waals surface area (Å²) in [4.78, 5) is 2.40. The fourth-order valence-electron chi connectivity index (χ4n) is 1.92. The first-order valence-corrected chi connectivity index (χ1v) is 5.79. The van der Waals surface area contributed by atoms with Gasteiger partial charge in [-0.25, -0.2) is 0 Å². The second kappa shape index (κ2) is 5.69. The number of nitrogens with zero attached hydrogens (tertiary/aromatic N) is 1. The first-order chi connectivity index (χ1) is 6.70. The van der Waals surface area contributed by atoms with Crippen LogP contribution in [0.4, 0.5) is 0 Å². The number of rotatable bonds is 7. The minimum Gasteiger partial charge on any atom is -0.380 e. The molecule has 0 aromatic carbocycles. The van der Waals surface area contributed by atoms with Crippen LogP contribution in [0.1, 0.15) is 33.1 Å². The largest absolute Gasteiger partial charge is 0.380 e. The average Bonchev–Trinajstić information content (AvgIpc) is 2.14. The molecule has 84 valence electrons. The van der Waals surface area contributed by atoms with Gasteiger partial charge in [-0.05, 0) is 32.7 Å². The van der Waals surface area contributed by atoms with Crippen LogP contribution in [0.5, 0.6) is 0 Å². The average molecular weight is 200 g/mol. The first kappa shape index (κ1) is 12.0. The molecule has 0 radical (unpaired) electrons. The molecule has 1 rings (SSSR count). The molecule has 1 aliphatic carbocycles. The van der Waals surface area contributed by atoms with Crippen LogP contribution in [-0.2, 0) is 4.74 Å². The predicted octanol–water partition coefficient (Wildman–Crippen LogP) is 1.23. The summed E-state index contributed by atoms with van der Waals surface area (Å²) in [6, 6.07) is 0. The Hall–Kier alpha value is -0.120. The van der Waals surface area contributed by atoms with Crippen molar-refractivity contribution < 1.29 is 4.74 Å². The number of ether oxygens (including phenoxy) is 1. The highest BCUT2D eigenvalue weighted by molar-refractivity contribution is 4.94. The lowest BCUT2D eigenvalue weighted by molar-refractivity contribution is 0.0901. The number of hydrogen-bond acceptors (Lipinski definition) is 3. The summed E-state index contributed by atoms with van der Waals surface area (Å²) < 4.78 is 5.35. The van der Waals surface area contributed by atoms with Crippen LogP contribution in [0, 0.1) is 0 Å². The minimum absolute atomic E-state index is 0.113. The minimum atomic E-state index is 0.113. The van der Waals surface area contributed by atoms with Crippen LogP contribution in [0.25, 0.3) is 0 Å². The second-order valence-electron chi connectivity index (χ2n) is 4.28. The van der Waals surface area contributed by atoms with Crippen molar-refractivity contribution >= 4 is 0 Å². The SMILES string of the molecule is CCOCCN(CC)CC1(N)CCC1. The van der Waals surface area contributed by atoms with Gasteiger partial charge in [0.2, 0.25) is 0 Å². The molecular weight excluding hydrogens is 176 g/mol. The van der Waals surface area contributed by atoms with Gasteiger partial charge in [0, 0.05) is 25.2 Å². The topological polar surface area (TPSA) is 38.5 Å². The van der Waals surface area contributed by atoms with Crippen LogP contribution in [0.2, 0.25) is 0 Å². The van der Waals surface area contributed by atoms with Crippen LogP contribution < -0.4 is 5.73 Å². The lowest BCUT2D eigenvalue weighted by Gasteiger charge is -2.41. The van der Waals surface area contributed by atoms with E-state index in [9.17, 15) is 0 Å². The van der Waals surface area contributed by atoms with E-state index in [0.29, 0.717) is 0 Å². The molecule has 0 atom stereocenters. The summed E-state index contributed by atoms with van der Waals surface area (Å²) in [5, 5.41) is 0. The van der Waals surface area contributed by atoms with Crippen LogP contribution in [0.15, 0.2) is 0 Å². The Labute approximate surface area is 87.6 Å². The Morgan fingerprint density at radius 2 is 2.07 bits per heavy atom. The zero-order chi connectivity index (χ0) is 10.4. The maximum Gasteiger partial charge on any atom is 0.0593 e. The molecular formula is C11H24N2O. The van der Waals surface area contributed by atoms with Gasteiger partial charge < -0.3 is 10.5 Å². The highest BCUT2D eigenvalue weighted by Gasteiger charge is 2.33. The molecule has 0 amide bonds. The summed E-state index contributed by atoms with van der Waals surface area (Å²) in [6.07, 6.45) is 3.69. The van der Waals surface area contributed by atoms with Gasteiger partial charge in [0.05, 0.1) is 6.61 Å². The molecule has 0 bridgehead atoms. The van der Waals surface area contributed by atoms with E-state index in [4.69, 9.17) is 10.5 Å². The van der Waals surface area contributed by atoms with Crippen LogP contribution in [0.3, 0.4) is 0 Å². The third-order valence-electron chi connectivity index (χ3n) is 3.09. The fourth-order valence-corrected chi connectivity index (χ4v) is 1.92. The predicted molar refractivity (Wildman–Crippen MR) is 59.4 cm³/mol. The Kier molecular flexibility index (Phi) is 4.85. The van der Waals surface area contributed by atoms with Crippen molar-refractivity contribution in [1.82, 2.24) is 4.90 Å². The molecule has 1 fully saturated rings. The summed E-state index contributed by atoms with van der Waals surface area (Å²) >= 11 is 0. The standard InChI is InChI=1S/C11H24N2O/c1-3-13(8-9-14-4-2)10-11(12)6-5-7-11/h3-10,12H2,1-2H3. The lowest BCUT2D eigenvalue weighted by atomic mass is 9.77. The van der Waals surface area contributed by atoms with Gasteiger partial charge in [-0.2, -0.15) is 0 Å². The molecule has 3 nitrogen and oxygen atoms in total. The molecule has 2 N–H and O–H groups in total. The lowest BCUT2D eigenvalue weighted by Crippen LogP contribution is -2.55. The van der Waals surface area contributed by atoms with Crippen molar-refractivity contribution in [2.45, 2.75) is 38.6 Å². The quantitative estimate of drug-likeness (QED) is 0.628. The van der Waals surface area contributed by atoms with E-state index in [-0.39, 0.29) is 5.54 Å². The zero-order valence-electron chi connectivity index (χ0n) is 9.59. The molecule has 1 saturated carbocycles. The zero-order valence-corrected chi connectivity index (χ0v) is 9.59. The number of likely N-dealkylation sites (N-methyl/N-ethyl adjacent to an activating group) is 1. The number of nitrogens with two attached hydrogens (primary N) is 1. The van der Waals surface area contributed by atoms with Crippen molar-refractivity contribution in [3.63, 3.8) is 0 Å². The highest BCUT2D eigenvalue weighted by atomic mass is 16.5. The molecule has 1 aliphatic rings. The van der Waals surface area contributed by atoms with Crippen molar-refractivity contribution in [3.05, 3.63) is 0 Å². The van der Waals surface area contributed by atoms with Crippen molar-refractivity contribution in [2.24, 2.45) is 5.73 Å². The Bertz CT molecular complexity index is 157. The van der Waals surface area contributed by atoms with E-state index in [0.717, 1.165) is 32.8 Å². The molecule has 3 heteroatoms. The molecule has 0 aliphatic heterocycles. The maximum atomic E-state index is 6.20. The smallest absolute Gasteiger partial charge is 0.0593 e. The van der Waals surface area contributed by atoms with E-state index in [2.05, 4.69) is 11.8 Å². The second-order valence-corrected chi connectivity index (χ2v) is 4.28. The Morgan fingerprint density at radius 3 is 2.50 bits per heavy atom. The van der Waals surface area contributed by atoms with Gasteiger partial charge in [-0.1, -0.05) is 6.92 Å². The van der Waals surface area contributed by atoms with Gasteiger partial charge in [0.15, 0.2) is 0 Å². The van der Waals surface area contributed by atoms with E-state index in [1.807, 2.05) is 6.92 Å². The highest BCUT2D eigenvalue weighted by Crippen LogP contribution is 2.29. The van der Waals surface area contributed by atoms with E-state index >= 15 is 0 Å². The molecule has 0 spiro atoms. The summed E-state index contributed by atoms with van der Waals surface area (Å²) in [5.74, 6) is 0. The van der Waals surface area contributed by atoms with Crippen molar-refractivity contribution in [3.8, 4) is 0 Å². The van der Waals surface area contributed by atoms with Gasteiger partial charge in [0.25, 0.3) is 0 Å². The van der Waals surface area contributed by atoms with Crippen LogP contribution in [-0.4, -0.2) is 43.3 Å². The fraction of sp³-hybridized carbons (Fsp3) is 1.00. The van der Waals surface area contributed by atoms with Gasteiger partial charge in [-0.3, -0.25) is 4.90 Å². The first-order valence-electron chi connectivity index (χ1n) is 5.79. The van der Waals surface area contributed by atoms with E-state index in [1.165, 1.54) is 19.3 Å². The molecule has 0 unspecified atom stereocenters. The molecule has 0 saturated heterocycles. The van der Waals surface area contributed by atoms with E-state index in [1.54, 1.807) is 0 Å². The third kappa shape index (κ3) is 3.56. The van der Waals surface area contributed by atoms with Gasteiger partial charge >= 0.3 is 0 Å². The summed E-state index contributed by atoms with van der Waals surface area (Å²) in [5.41, 5.74) is 6.31. The molecule has 0 heterocycles. The van der Waals surface area contributed by atoms with Crippen LogP contribution >= 0.6 is 0 Å². The Morgan fingerprint density at radius 1 is 1.36 bits per heavy atom. The normalized spacial score (nSPS) is 19.7. The van der Waals surface area contributed by atoms with Crippen molar-refractivity contribution in [2.75, 3.05) is 32.8 Å². The van der Waals surface area contributed by atoms with Crippen molar-refractivity contribution in [1.29, 1.82) is 0 Å².